The largest absolute Gasteiger partial charge is 0.338 e. The second kappa shape index (κ2) is 4.41. The minimum Gasteiger partial charge on any atom is -0.338 e. The van der Waals surface area contributed by atoms with Crippen LogP contribution in [0.25, 0.3) is 0 Å². The first-order valence-corrected chi connectivity index (χ1v) is 6.70. The number of nitrogens with zero attached hydrogens (tertiary/aromatic N) is 1. The fraction of sp³-hybridized carbons (Fsp3) is 0.364. The van der Waals surface area contributed by atoms with Crippen LogP contribution in [0.2, 0.25) is 0 Å². The van der Waals surface area contributed by atoms with E-state index in [0.29, 0.717) is 5.92 Å². The van der Waals surface area contributed by atoms with Crippen LogP contribution in [0.15, 0.2) is 22.7 Å². The van der Waals surface area contributed by atoms with Crippen molar-refractivity contribution in [3.8, 4) is 0 Å². The predicted octanol–water partition coefficient (Wildman–Crippen LogP) is 3.15. The van der Waals surface area contributed by atoms with Gasteiger partial charge >= 0.3 is 0 Å². The van der Waals surface area contributed by atoms with Crippen molar-refractivity contribution >= 4 is 44.4 Å². The molecule has 1 fully saturated rings. The molecular formula is C11H11BrINO. The number of hydrogen-bond donors (Lipinski definition) is 0. The Labute approximate surface area is 111 Å². The summed E-state index contributed by atoms with van der Waals surface area (Å²) in [6.45, 7) is 3.93. The van der Waals surface area contributed by atoms with Gasteiger partial charge in [0.25, 0.3) is 5.91 Å². The number of likely N-dealkylation sites (tertiary alicyclic amines) is 1. The number of carbonyl (C=O) groups is 1. The summed E-state index contributed by atoms with van der Waals surface area (Å²) in [4.78, 5) is 14.0. The van der Waals surface area contributed by atoms with E-state index >= 15 is 0 Å². The Hall–Kier alpha value is -0.100. The van der Waals surface area contributed by atoms with Gasteiger partial charge in [-0.3, -0.25) is 4.79 Å². The van der Waals surface area contributed by atoms with Gasteiger partial charge in [0.1, 0.15) is 0 Å². The Bertz CT molecular complexity index is 381. The zero-order valence-electron chi connectivity index (χ0n) is 8.34. The van der Waals surface area contributed by atoms with Crippen molar-refractivity contribution < 1.29 is 4.79 Å². The molecular weight excluding hydrogens is 369 g/mol. The fourth-order valence-electron chi connectivity index (χ4n) is 1.73. The van der Waals surface area contributed by atoms with E-state index in [1.807, 2.05) is 23.1 Å². The first kappa shape index (κ1) is 11.4. The molecule has 1 aliphatic rings. The number of hydrogen-bond acceptors (Lipinski definition) is 1. The number of rotatable bonds is 1. The van der Waals surface area contributed by atoms with Crippen molar-refractivity contribution in [2.24, 2.45) is 5.92 Å². The highest BCUT2D eigenvalue weighted by molar-refractivity contribution is 14.1. The Morgan fingerprint density at radius 2 is 2.20 bits per heavy atom. The Balaban J connectivity index is 2.26. The molecule has 15 heavy (non-hydrogen) atoms. The molecule has 0 saturated carbocycles. The molecule has 1 amide bonds. The van der Waals surface area contributed by atoms with E-state index in [9.17, 15) is 4.79 Å². The lowest BCUT2D eigenvalue weighted by Crippen LogP contribution is -2.48. The van der Waals surface area contributed by atoms with Crippen LogP contribution in [0.4, 0.5) is 0 Å². The van der Waals surface area contributed by atoms with Crippen LogP contribution in [0.5, 0.6) is 0 Å². The molecule has 2 nitrogen and oxygen atoms in total. The van der Waals surface area contributed by atoms with Crippen LogP contribution < -0.4 is 0 Å². The molecule has 0 bridgehead atoms. The minimum absolute atomic E-state index is 0.143. The zero-order valence-corrected chi connectivity index (χ0v) is 12.1. The molecule has 2 rings (SSSR count). The summed E-state index contributed by atoms with van der Waals surface area (Å²) in [5, 5.41) is 0. The van der Waals surface area contributed by atoms with Gasteiger partial charge in [-0.1, -0.05) is 13.0 Å². The lowest BCUT2D eigenvalue weighted by Gasteiger charge is -2.37. The maximum atomic E-state index is 12.1. The van der Waals surface area contributed by atoms with E-state index in [-0.39, 0.29) is 5.91 Å². The van der Waals surface area contributed by atoms with Gasteiger partial charge in [-0.15, -0.1) is 0 Å². The smallest absolute Gasteiger partial charge is 0.256 e. The standard InChI is InChI=1S/C11H11BrINO/c1-7-5-14(6-7)11(15)10-8(12)3-2-4-9(10)13/h2-4,7H,5-6H2,1H3. The average molecular weight is 380 g/mol. The summed E-state index contributed by atoms with van der Waals surface area (Å²) in [5.41, 5.74) is 0.796. The van der Waals surface area contributed by atoms with Crippen LogP contribution in [0.3, 0.4) is 0 Å². The van der Waals surface area contributed by atoms with Crippen molar-refractivity contribution in [1.29, 1.82) is 0 Å². The Kier molecular flexibility index (Phi) is 3.35. The maximum absolute atomic E-state index is 12.1. The first-order chi connectivity index (χ1) is 7.09. The highest BCUT2D eigenvalue weighted by Crippen LogP contribution is 2.26. The van der Waals surface area contributed by atoms with Crippen LogP contribution in [0.1, 0.15) is 17.3 Å². The van der Waals surface area contributed by atoms with Crippen molar-refractivity contribution in [1.82, 2.24) is 4.90 Å². The molecule has 4 heteroatoms. The second-order valence-corrected chi connectivity index (χ2v) is 5.93. The van der Waals surface area contributed by atoms with Gasteiger partial charge in [0.05, 0.1) is 5.56 Å². The van der Waals surface area contributed by atoms with Gasteiger partial charge in [-0.25, -0.2) is 0 Å². The van der Waals surface area contributed by atoms with Crippen molar-refractivity contribution in [3.63, 3.8) is 0 Å². The summed E-state index contributed by atoms with van der Waals surface area (Å²) < 4.78 is 1.89. The highest BCUT2D eigenvalue weighted by Gasteiger charge is 2.29. The lowest BCUT2D eigenvalue weighted by molar-refractivity contribution is 0.0528. The topological polar surface area (TPSA) is 20.3 Å². The molecule has 80 valence electrons. The normalized spacial score (nSPS) is 16.3. The quantitative estimate of drug-likeness (QED) is 0.686. The molecule has 0 radical (unpaired) electrons. The van der Waals surface area contributed by atoms with Crippen LogP contribution in [0, 0.1) is 9.49 Å². The van der Waals surface area contributed by atoms with Gasteiger partial charge in [-0.2, -0.15) is 0 Å². The Morgan fingerprint density at radius 1 is 1.53 bits per heavy atom. The van der Waals surface area contributed by atoms with Crippen LogP contribution >= 0.6 is 38.5 Å². The van der Waals surface area contributed by atoms with E-state index in [1.165, 1.54) is 0 Å². The van der Waals surface area contributed by atoms with Crippen molar-refractivity contribution in [2.75, 3.05) is 13.1 Å². The average Bonchev–Trinajstić information content (AvgIpc) is 2.12. The van der Waals surface area contributed by atoms with Gasteiger partial charge in [-0.05, 0) is 56.6 Å². The van der Waals surface area contributed by atoms with Gasteiger partial charge in [0.2, 0.25) is 0 Å². The molecule has 0 N–H and O–H groups in total. The molecule has 1 saturated heterocycles. The number of halogens is 2. The van der Waals surface area contributed by atoms with Crippen molar-refractivity contribution in [3.05, 3.63) is 31.8 Å². The van der Waals surface area contributed by atoms with Crippen LogP contribution in [-0.2, 0) is 0 Å². The molecule has 1 aromatic carbocycles. The second-order valence-electron chi connectivity index (χ2n) is 3.91. The lowest BCUT2D eigenvalue weighted by atomic mass is 10.0. The van der Waals surface area contributed by atoms with Crippen molar-refractivity contribution in [2.45, 2.75) is 6.92 Å². The number of carbonyl (C=O) groups excluding carboxylic acids is 1. The minimum atomic E-state index is 0.143. The number of benzene rings is 1. The maximum Gasteiger partial charge on any atom is 0.256 e. The SMILES string of the molecule is CC1CN(C(=O)c2c(Br)cccc2I)C1. The highest BCUT2D eigenvalue weighted by atomic mass is 127. The molecule has 1 aliphatic heterocycles. The van der Waals surface area contributed by atoms with E-state index in [0.717, 1.165) is 26.7 Å². The zero-order chi connectivity index (χ0) is 11.0. The van der Waals surface area contributed by atoms with Gasteiger partial charge < -0.3 is 4.90 Å². The monoisotopic (exact) mass is 379 g/mol. The van der Waals surface area contributed by atoms with Gasteiger partial charge in [0, 0.05) is 21.1 Å². The van der Waals surface area contributed by atoms with Gasteiger partial charge in [0.15, 0.2) is 0 Å². The summed E-state index contributed by atoms with van der Waals surface area (Å²) in [7, 11) is 0. The summed E-state index contributed by atoms with van der Waals surface area (Å²) in [5.74, 6) is 0.791. The van der Waals surface area contributed by atoms with E-state index in [1.54, 1.807) is 0 Å². The molecule has 0 spiro atoms. The third-order valence-corrected chi connectivity index (χ3v) is 4.09. The van der Waals surface area contributed by atoms with E-state index < -0.39 is 0 Å². The summed E-state index contributed by atoms with van der Waals surface area (Å²) >= 11 is 5.63. The van der Waals surface area contributed by atoms with E-state index in [2.05, 4.69) is 45.4 Å². The first-order valence-electron chi connectivity index (χ1n) is 4.83. The number of amides is 1. The molecule has 0 unspecified atom stereocenters. The molecule has 0 aliphatic carbocycles. The summed E-state index contributed by atoms with van der Waals surface area (Å²) in [6, 6.07) is 5.82. The predicted molar refractivity (Wildman–Crippen MR) is 71.9 cm³/mol. The molecule has 1 aromatic rings. The molecule has 0 aromatic heterocycles. The molecule has 1 heterocycles. The van der Waals surface area contributed by atoms with Crippen LogP contribution in [-0.4, -0.2) is 23.9 Å². The van der Waals surface area contributed by atoms with E-state index in [4.69, 9.17) is 0 Å². The third-order valence-electron chi connectivity index (χ3n) is 2.53. The molecule has 0 atom stereocenters. The summed E-state index contributed by atoms with van der Waals surface area (Å²) in [6.07, 6.45) is 0. The fourth-order valence-corrected chi connectivity index (χ4v) is 3.36. The Morgan fingerprint density at radius 3 is 2.73 bits per heavy atom. The third kappa shape index (κ3) is 2.20.